The van der Waals surface area contributed by atoms with E-state index in [2.05, 4.69) is 10.1 Å². The predicted octanol–water partition coefficient (Wildman–Crippen LogP) is 0.326. The summed E-state index contributed by atoms with van der Waals surface area (Å²) in [6, 6.07) is -0.300. The summed E-state index contributed by atoms with van der Waals surface area (Å²) < 4.78 is 4.53. The summed E-state index contributed by atoms with van der Waals surface area (Å²) in [5, 5.41) is 3.15. The number of methoxy groups -OCH3 is 1. The first-order valence-corrected chi connectivity index (χ1v) is 5.75. The maximum Gasteiger partial charge on any atom is 0.307 e. The zero-order chi connectivity index (χ0) is 12.0. The lowest BCUT2D eigenvalue weighted by Crippen LogP contribution is -2.48. The Balaban J connectivity index is 2.43. The largest absolute Gasteiger partial charge is 0.469 e. The van der Waals surface area contributed by atoms with Gasteiger partial charge in [-0.3, -0.25) is 9.59 Å². The molecule has 5 heteroatoms. The van der Waals surface area contributed by atoms with Crippen LogP contribution in [-0.2, 0) is 14.3 Å². The molecule has 1 atom stereocenters. The normalized spacial score (nSPS) is 19.1. The summed E-state index contributed by atoms with van der Waals surface area (Å²) in [7, 11) is 1.31. The zero-order valence-corrected chi connectivity index (χ0v) is 9.70. The molecular weight excluding hydrogens is 208 g/mol. The Morgan fingerprint density at radius 3 is 2.50 bits per heavy atom. The number of carbonyl (C=O) groups excluding carboxylic acids is 2. The van der Waals surface area contributed by atoms with Gasteiger partial charge in [0.1, 0.15) is 0 Å². The molecule has 0 aromatic carbocycles. The highest BCUT2D eigenvalue weighted by atomic mass is 16.5. The molecule has 1 amide bonds. The van der Waals surface area contributed by atoms with Gasteiger partial charge in [0.15, 0.2) is 0 Å². The van der Waals surface area contributed by atoms with Crippen molar-refractivity contribution in [3.05, 3.63) is 0 Å². The van der Waals surface area contributed by atoms with Crippen LogP contribution in [-0.4, -0.2) is 31.1 Å². The van der Waals surface area contributed by atoms with Crippen LogP contribution < -0.4 is 11.1 Å². The topological polar surface area (TPSA) is 81.4 Å². The maximum absolute atomic E-state index is 11.2. The Labute approximate surface area is 95.7 Å². The number of hydrogen-bond donors (Lipinski definition) is 2. The molecule has 0 aliphatic heterocycles. The molecule has 0 spiro atoms. The standard InChI is InChI=1S/C11H20N2O3/c1-16-10(14)7-9(11(12)15)13-8-5-3-2-4-6-8/h8-9,13H,2-7H2,1H3,(H2,12,15)/t9-/m1/s1. The second-order valence-corrected chi connectivity index (χ2v) is 4.24. The lowest BCUT2D eigenvalue weighted by atomic mass is 9.94. The molecule has 0 unspecified atom stereocenters. The minimum absolute atomic E-state index is 0.0162. The van der Waals surface area contributed by atoms with Gasteiger partial charge in [0.05, 0.1) is 19.6 Å². The molecule has 16 heavy (non-hydrogen) atoms. The minimum atomic E-state index is -0.601. The molecule has 1 aliphatic rings. The van der Waals surface area contributed by atoms with Gasteiger partial charge in [-0.1, -0.05) is 19.3 Å². The average Bonchev–Trinajstić information content (AvgIpc) is 2.29. The minimum Gasteiger partial charge on any atom is -0.469 e. The molecule has 0 aromatic rings. The van der Waals surface area contributed by atoms with Crippen molar-refractivity contribution < 1.29 is 14.3 Å². The summed E-state index contributed by atoms with van der Waals surface area (Å²) in [5.41, 5.74) is 5.25. The molecule has 0 bridgehead atoms. The molecule has 0 saturated heterocycles. The van der Waals surface area contributed by atoms with Crippen molar-refractivity contribution in [3.63, 3.8) is 0 Å². The van der Waals surface area contributed by atoms with Crippen LogP contribution >= 0.6 is 0 Å². The Hall–Kier alpha value is -1.10. The van der Waals surface area contributed by atoms with E-state index >= 15 is 0 Å². The highest BCUT2D eigenvalue weighted by Crippen LogP contribution is 2.18. The summed E-state index contributed by atoms with van der Waals surface area (Å²) in [6.07, 6.45) is 5.69. The van der Waals surface area contributed by atoms with Crippen molar-refractivity contribution in [3.8, 4) is 0 Å². The lowest BCUT2D eigenvalue weighted by Gasteiger charge is -2.26. The van der Waals surface area contributed by atoms with Gasteiger partial charge in [0.25, 0.3) is 0 Å². The third-order valence-corrected chi connectivity index (χ3v) is 2.98. The molecular formula is C11H20N2O3. The first-order chi connectivity index (χ1) is 7.63. The smallest absolute Gasteiger partial charge is 0.307 e. The number of amides is 1. The Bertz CT molecular complexity index is 250. The van der Waals surface area contributed by atoms with Gasteiger partial charge >= 0.3 is 5.97 Å². The molecule has 92 valence electrons. The average molecular weight is 228 g/mol. The van der Waals surface area contributed by atoms with Gasteiger partial charge in [-0.2, -0.15) is 0 Å². The van der Waals surface area contributed by atoms with Gasteiger partial charge in [-0.25, -0.2) is 0 Å². The fourth-order valence-corrected chi connectivity index (χ4v) is 2.05. The number of esters is 1. The van der Waals surface area contributed by atoms with E-state index in [-0.39, 0.29) is 6.42 Å². The highest BCUT2D eigenvalue weighted by molar-refractivity contribution is 5.85. The Morgan fingerprint density at radius 1 is 1.38 bits per heavy atom. The SMILES string of the molecule is COC(=O)C[C@@H](NC1CCCCC1)C(N)=O. The molecule has 1 aliphatic carbocycles. The van der Waals surface area contributed by atoms with Crippen molar-refractivity contribution in [2.45, 2.75) is 50.6 Å². The van der Waals surface area contributed by atoms with Crippen LogP contribution in [0.4, 0.5) is 0 Å². The molecule has 3 N–H and O–H groups in total. The summed E-state index contributed by atoms with van der Waals surface area (Å²) in [5.74, 6) is -0.900. The second kappa shape index (κ2) is 6.48. The van der Waals surface area contributed by atoms with Crippen molar-refractivity contribution in [1.29, 1.82) is 0 Å². The van der Waals surface area contributed by atoms with E-state index in [9.17, 15) is 9.59 Å². The fraction of sp³-hybridized carbons (Fsp3) is 0.818. The Kier molecular flexibility index (Phi) is 5.25. The molecule has 0 heterocycles. The van der Waals surface area contributed by atoms with Crippen LogP contribution in [0, 0.1) is 0 Å². The first kappa shape index (κ1) is 13.0. The van der Waals surface area contributed by atoms with Crippen LogP contribution in [0.5, 0.6) is 0 Å². The third-order valence-electron chi connectivity index (χ3n) is 2.98. The Morgan fingerprint density at radius 2 is 2.00 bits per heavy atom. The van der Waals surface area contributed by atoms with Crippen LogP contribution in [0.15, 0.2) is 0 Å². The predicted molar refractivity (Wildman–Crippen MR) is 59.6 cm³/mol. The molecule has 0 radical (unpaired) electrons. The lowest BCUT2D eigenvalue weighted by molar-refractivity contribution is -0.142. The number of rotatable bonds is 5. The molecule has 5 nitrogen and oxygen atoms in total. The van der Waals surface area contributed by atoms with Gasteiger partial charge in [-0.15, -0.1) is 0 Å². The van der Waals surface area contributed by atoms with E-state index in [0.29, 0.717) is 6.04 Å². The van der Waals surface area contributed by atoms with Gasteiger partial charge < -0.3 is 15.8 Å². The van der Waals surface area contributed by atoms with E-state index in [4.69, 9.17) is 5.73 Å². The highest BCUT2D eigenvalue weighted by Gasteiger charge is 2.24. The van der Waals surface area contributed by atoms with Crippen molar-refractivity contribution in [1.82, 2.24) is 5.32 Å². The van der Waals surface area contributed by atoms with Gasteiger partial charge in [0.2, 0.25) is 5.91 Å². The molecule has 1 rings (SSSR count). The zero-order valence-electron chi connectivity index (χ0n) is 9.70. The van der Waals surface area contributed by atoms with Crippen LogP contribution in [0.3, 0.4) is 0 Å². The molecule has 1 fully saturated rings. The van der Waals surface area contributed by atoms with Crippen molar-refractivity contribution >= 4 is 11.9 Å². The monoisotopic (exact) mass is 228 g/mol. The van der Waals surface area contributed by atoms with Crippen LogP contribution in [0.25, 0.3) is 0 Å². The maximum atomic E-state index is 11.2. The summed E-state index contributed by atoms with van der Waals surface area (Å²) in [4.78, 5) is 22.3. The first-order valence-electron chi connectivity index (χ1n) is 5.75. The third kappa shape index (κ3) is 4.18. The van der Waals surface area contributed by atoms with E-state index in [1.54, 1.807) is 0 Å². The fourth-order valence-electron chi connectivity index (χ4n) is 2.05. The number of ether oxygens (including phenoxy) is 1. The number of carbonyl (C=O) groups is 2. The quantitative estimate of drug-likeness (QED) is 0.664. The van der Waals surface area contributed by atoms with Crippen LogP contribution in [0.2, 0.25) is 0 Å². The summed E-state index contributed by atoms with van der Waals surface area (Å²) >= 11 is 0. The van der Waals surface area contributed by atoms with E-state index in [1.807, 2.05) is 0 Å². The van der Waals surface area contributed by atoms with E-state index < -0.39 is 17.9 Å². The molecule has 0 aromatic heterocycles. The van der Waals surface area contributed by atoms with Gasteiger partial charge in [0, 0.05) is 6.04 Å². The number of hydrogen-bond acceptors (Lipinski definition) is 4. The number of nitrogens with one attached hydrogen (secondary N) is 1. The van der Waals surface area contributed by atoms with Gasteiger partial charge in [-0.05, 0) is 12.8 Å². The summed E-state index contributed by atoms with van der Waals surface area (Å²) in [6.45, 7) is 0. The van der Waals surface area contributed by atoms with Crippen LogP contribution in [0.1, 0.15) is 38.5 Å². The molecule has 1 saturated carbocycles. The van der Waals surface area contributed by atoms with E-state index in [1.165, 1.54) is 26.4 Å². The van der Waals surface area contributed by atoms with Crippen molar-refractivity contribution in [2.24, 2.45) is 5.73 Å². The second-order valence-electron chi connectivity index (χ2n) is 4.24. The number of primary amides is 1. The number of nitrogens with two attached hydrogens (primary N) is 1. The van der Waals surface area contributed by atoms with E-state index in [0.717, 1.165) is 12.8 Å². The van der Waals surface area contributed by atoms with Crippen molar-refractivity contribution in [2.75, 3.05) is 7.11 Å².